The molecule has 0 fully saturated rings. The van der Waals surface area contributed by atoms with Crippen molar-refractivity contribution >= 4 is 92.0 Å². The molecule has 8 N–H and O–H groups in total. The number of aromatic carboxylic acids is 2. The van der Waals surface area contributed by atoms with E-state index in [-0.39, 0.29) is 89.3 Å². The average Bonchev–Trinajstić information content (AvgIpc) is 3.30. The van der Waals surface area contributed by atoms with Gasteiger partial charge in [-0.15, -0.1) is 14.6 Å². The van der Waals surface area contributed by atoms with Crippen LogP contribution >= 0.6 is 12.0 Å². The minimum Gasteiger partial charge on any atom is -0.491 e. The van der Waals surface area contributed by atoms with Crippen molar-refractivity contribution in [1.82, 2.24) is 15.0 Å². The number of rotatable bonds is 29. The Morgan fingerprint density at radius 2 is 1.14 bits per heavy atom. The summed E-state index contributed by atoms with van der Waals surface area (Å²) in [5.74, 6) is -2.98. The van der Waals surface area contributed by atoms with Gasteiger partial charge >= 0.3 is 17.9 Å². The first kappa shape index (κ1) is 52.6. The molecule has 0 saturated carbocycles. The van der Waals surface area contributed by atoms with Crippen LogP contribution in [0.3, 0.4) is 0 Å². The van der Waals surface area contributed by atoms with Crippen molar-refractivity contribution in [2.24, 2.45) is 20.5 Å². The second-order valence-corrected chi connectivity index (χ2v) is 17.0. The van der Waals surface area contributed by atoms with E-state index in [9.17, 15) is 37.6 Å². The summed E-state index contributed by atoms with van der Waals surface area (Å²) in [7, 11) is -4.29. The number of aromatic nitrogens is 3. The summed E-state index contributed by atoms with van der Waals surface area (Å²) in [6.45, 7) is 3.80. The van der Waals surface area contributed by atoms with Crippen molar-refractivity contribution in [2.45, 2.75) is 52.4 Å². The number of hydrogen-bond donors (Lipinski definition) is 8. The molecule has 0 bridgehead atoms. The van der Waals surface area contributed by atoms with Crippen molar-refractivity contribution in [1.29, 1.82) is 0 Å². The lowest BCUT2D eigenvalue weighted by molar-refractivity contribution is -0.432. The number of benzene rings is 4. The molecule has 0 unspecified atom stereocenters. The number of carboxylic acid groups (broad SMARTS) is 3. The highest BCUT2D eigenvalue weighted by Crippen LogP contribution is 2.38. The molecule has 0 aliphatic carbocycles. The topological polar surface area (TPSA) is 348 Å². The number of aryl methyl sites for hydroxylation is 2. The van der Waals surface area contributed by atoms with Gasteiger partial charge in [0.05, 0.1) is 52.8 Å². The highest BCUT2D eigenvalue weighted by Gasteiger charge is 2.18. The Morgan fingerprint density at radius 3 is 1.64 bits per heavy atom. The Balaban J connectivity index is 1.52. The minimum atomic E-state index is -4.29. The van der Waals surface area contributed by atoms with Gasteiger partial charge in [-0.3, -0.25) is 9.35 Å². The number of carboxylic acids is 3. The quantitative estimate of drug-likeness (QED) is 0.00551. The van der Waals surface area contributed by atoms with Crippen LogP contribution in [0.2, 0.25) is 0 Å². The van der Waals surface area contributed by atoms with Crippen LogP contribution < -0.4 is 25.4 Å². The van der Waals surface area contributed by atoms with E-state index >= 15 is 0 Å². The van der Waals surface area contributed by atoms with Gasteiger partial charge in [-0.25, -0.2) is 14.8 Å². The number of anilines is 5. The summed E-state index contributed by atoms with van der Waals surface area (Å²) in [5, 5.41) is 66.9. The molecule has 0 radical (unpaired) electrons. The normalized spacial score (nSPS) is 11.5. The van der Waals surface area contributed by atoms with E-state index in [1.165, 1.54) is 30.3 Å². The lowest BCUT2D eigenvalue weighted by Gasteiger charge is -2.17. The van der Waals surface area contributed by atoms with Crippen LogP contribution in [-0.4, -0.2) is 97.7 Å². The van der Waals surface area contributed by atoms with E-state index in [1.54, 1.807) is 56.3 Å². The molecule has 366 valence electrons. The fraction of sp³-hybridized carbons (Fsp3) is 0.302. The first-order valence-corrected chi connectivity index (χ1v) is 23.5. The van der Waals surface area contributed by atoms with Crippen LogP contribution in [0.15, 0.2) is 93.3 Å². The molecule has 24 nitrogen and oxygen atoms in total. The van der Waals surface area contributed by atoms with Crippen molar-refractivity contribution < 1.29 is 66.8 Å². The van der Waals surface area contributed by atoms with Gasteiger partial charge in [-0.05, 0) is 87.1 Å². The summed E-state index contributed by atoms with van der Waals surface area (Å²) < 4.78 is 48.9. The number of azo groups is 2. The number of carbonyl (C=O) groups is 3. The maximum absolute atomic E-state index is 11.8. The number of unbranched alkanes of at least 4 members (excludes halogenated alkanes) is 2. The molecule has 5 aromatic rings. The molecule has 0 atom stereocenters. The van der Waals surface area contributed by atoms with Gasteiger partial charge in [0.25, 0.3) is 10.1 Å². The summed E-state index contributed by atoms with van der Waals surface area (Å²) in [4.78, 5) is 48.4. The number of nitrogens with one attached hydrogen (secondary N) is 3. The van der Waals surface area contributed by atoms with Gasteiger partial charge in [0.2, 0.25) is 17.8 Å². The minimum absolute atomic E-state index is 0.00815. The fourth-order valence-corrected chi connectivity index (χ4v) is 6.90. The van der Waals surface area contributed by atoms with Gasteiger partial charge in [0.1, 0.15) is 22.9 Å². The molecule has 26 heteroatoms. The molecule has 0 aliphatic heterocycles. The summed E-state index contributed by atoms with van der Waals surface area (Å²) >= 11 is 0.849. The molecule has 5 rings (SSSR count). The lowest BCUT2D eigenvalue weighted by Crippen LogP contribution is -2.12. The van der Waals surface area contributed by atoms with Crippen LogP contribution in [0.4, 0.5) is 52.0 Å². The third-order valence-corrected chi connectivity index (χ3v) is 10.8. The van der Waals surface area contributed by atoms with Gasteiger partial charge in [-0.1, -0.05) is 35.7 Å². The van der Waals surface area contributed by atoms with Crippen molar-refractivity contribution in [3.8, 4) is 11.5 Å². The predicted molar refractivity (Wildman–Crippen MR) is 252 cm³/mol. The van der Waals surface area contributed by atoms with E-state index in [2.05, 4.69) is 60.7 Å². The van der Waals surface area contributed by atoms with E-state index in [0.717, 1.165) is 12.0 Å². The van der Waals surface area contributed by atoms with Crippen LogP contribution in [-0.2, 0) is 24.3 Å². The number of ether oxygens (including phenoxy) is 2. The molecule has 4 aromatic carbocycles. The monoisotopic (exact) mass is 992 g/mol. The molecule has 69 heavy (non-hydrogen) atoms. The zero-order chi connectivity index (χ0) is 49.8. The molecule has 0 aliphatic rings. The highest BCUT2D eigenvalue weighted by molar-refractivity contribution is 7.94. The number of hydrogen-bond acceptors (Lipinski definition) is 21. The van der Waals surface area contributed by atoms with E-state index in [1.807, 2.05) is 0 Å². The largest absolute Gasteiger partial charge is 0.491 e. The van der Waals surface area contributed by atoms with E-state index in [4.69, 9.17) is 19.8 Å². The Labute approximate surface area is 399 Å². The Morgan fingerprint density at radius 1 is 0.652 bits per heavy atom. The molecule has 0 amide bonds. The second-order valence-electron chi connectivity index (χ2n) is 14.7. The molecule has 1 heterocycles. The third-order valence-electron chi connectivity index (χ3n) is 9.39. The maximum Gasteiger partial charge on any atom is 0.337 e. The van der Waals surface area contributed by atoms with Crippen LogP contribution in [0, 0.1) is 13.8 Å². The van der Waals surface area contributed by atoms with Crippen molar-refractivity contribution in [2.75, 3.05) is 47.2 Å². The molecule has 0 spiro atoms. The highest BCUT2D eigenvalue weighted by atomic mass is 32.2. The second kappa shape index (κ2) is 26.3. The zero-order valence-electron chi connectivity index (χ0n) is 37.1. The Kier molecular flexibility index (Phi) is 20.0. The Hall–Kier alpha value is -7.36. The van der Waals surface area contributed by atoms with Gasteiger partial charge < -0.3 is 40.7 Å². The van der Waals surface area contributed by atoms with Gasteiger partial charge in [-0.2, -0.15) is 33.6 Å². The standard InChI is InChI=1S/C43H48N10O14S2/c1-26-22-34(36(64-18-10-20-68-67-66-60)24-32(26)52-50-30-14-7-5-12-28(30)39(56)57)45-42-47-41(44-17-9-3-4-16-38(54)55)48-43(49-42)46-35-23-27(2)33(25-37(35)65-19-11-21-69(61,62)63)53-51-31-15-8-6-13-29(31)40(58)59/h5-8,12-15,22-25,60H,3-4,9-11,16-21H2,1-2H3,(H,54,55)(H,56,57)(H,58,59)(H,61,62,63)(H3,44,45,46,47,48,49). The number of aliphatic carboxylic acids is 1. The van der Waals surface area contributed by atoms with Crippen molar-refractivity contribution in [3.63, 3.8) is 0 Å². The van der Waals surface area contributed by atoms with Gasteiger partial charge in [0, 0.05) is 42.9 Å². The fourth-order valence-electron chi connectivity index (χ4n) is 6.07. The smallest absolute Gasteiger partial charge is 0.337 e. The zero-order valence-corrected chi connectivity index (χ0v) is 38.7. The van der Waals surface area contributed by atoms with Crippen LogP contribution in [0.1, 0.15) is 70.4 Å². The van der Waals surface area contributed by atoms with Gasteiger partial charge in [0.15, 0.2) is 0 Å². The first-order valence-electron chi connectivity index (χ1n) is 20.9. The molecule has 0 saturated heterocycles. The molecule has 1 aromatic heterocycles. The maximum atomic E-state index is 11.8. The van der Waals surface area contributed by atoms with Crippen LogP contribution in [0.25, 0.3) is 0 Å². The average molecular weight is 993 g/mol. The summed E-state index contributed by atoms with van der Waals surface area (Å²) in [6.07, 6.45) is 2.01. The van der Waals surface area contributed by atoms with E-state index in [0.29, 0.717) is 60.5 Å². The Bertz CT molecular complexity index is 2760. The van der Waals surface area contributed by atoms with Crippen LogP contribution in [0.5, 0.6) is 11.5 Å². The lowest BCUT2D eigenvalue weighted by atomic mass is 10.1. The van der Waals surface area contributed by atoms with Crippen molar-refractivity contribution in [3.05, 3.63) is 95.1 Å². The number of nitrogens with zero attached hydrogens (tertiary/aromatic N) is 7. The SMILES string of the molecule is Cc1cc(Nc2nc(NCCCCCC(=O)O)nc(Nc3cc(C)c(N=Nc4ccccc4C(=O)O)cc3OCCCS(=O)(=O)O)n2)c(OCCCSOOO)cc1N=Nc1ccccc1C(=O)O. The van der Waals surface area contributed by atoms with E-state index < -0.39 is 33.8 Å². The first-order chi connectivity index (χ1) is 33.1. The third kappa shape index (κ3) is 17.3. The molecular formula is C43H48N10O14S2. The summed E-state index contributed by atoms with van der Waals surface area (Å²) in [5.41, 5.74) is 2.52. The molecular weight excluding hydrogens is 945 g/mol. The summed E-state index contributed by atoms with van der Waals surface area (Å²) in [6, 6.07) is 18.6. The predicted octanol–water partition coefficient (Wildman–Crippen LogP) is 9.75.